The fourth-order valence-electron chi connectivity index (χ4n) is 2.34. The number of methoxy groups -OCH3 is 1. The van der Waals surface area contributed by atoms with Gasteiger partial charge in [-0.25, -0.2) is 13.2 Å². The number of anilines is 1. The fourth-order valence-corrected chi connectivity index (χ4v) is 3.45. The van der Waals surface area contributed by atoms with Crippen molar-refractivity contribution < 1.29 is 22.7 Å². The van der Waals surface area contributed by atoms with E-state index in [0.717, 1.165) is 11.3 Å². The van der Waals surface area contributed by atoms with Gasteiger partial charge in [0.1, 0.15) is 5.75 Å². The third kappa shape index (κ3) is 3.14. The minimum Gasteiger partial charge on any atom is -0.493 e. The van der Waals surface area contributed by atoms with Crippen molar-refractivity contribution in [2.24, 2.45) is 0 Å². The molecule has 0 aromatic heterocycles. The van der Waals surface area contributed by atoms with Crippen molar-refractivity contribution in [1.29, 1.82) is 0 Å². The van der Waals surface area contributed by atoms with Crippen LogP contribution in [-0.2, 0) is 21.2 Å². The van der Waals surface area contributed by atoms with Gasteiger partial charge in [0, 0.05) is 12.1 Å². The molecule has 0 aliphatic carbocycles. The van der Waals surface area contributed by atoms with E-state index < -0.39 is 16.0 Å². The van der Waals surface area contributed by atoms with Crippen molar-refractivity contribution in [3.05, 3.63) is 53.6 Å². The molecular formula is C16H15NO5S. The monoisotopic (exact) mass is 333 g/mol. The number of benzene rings is 2. The van der Waals surface area contributed by atoms with E-state index in [1.807, 2.05) is 0 Å². The highest BCUT2D eigenvalue weighted by molar-refractivity contribution is 7.92. The molecule has 6 nitrogen and oxygen atoms in total. The summed E-state index contributed by atoms with van der Waals surface area (Å²) in [5.74, 6) is 0.254. The van der Waals surface area contributed by atoms with Crippen LogP contribution in [0.5, 0.6) is 5.75 Å². The first-order valence-corrected chi connectivity index (χ1v) is 8.45. The average Bonchev–Trinajstić information content (AvgIpc) is 3.02. The maximum atomic E-state index is 12.4. The van der Waals surface area contributed by atoms with Gasteiger partial charge in [-0.05, 0) is 48.0 Å². The highest BCUT2D eigenvalue weighted by atomic mass is 32.2. The number of hydrogen-bond acceptors (Lipinski definition) is 5. The minimum atomic E-state index is -3.70. The number of esters is 1. The number of fused-ring (bicyclic) bond motifs is 1. The highest BCUT2D eigenvalue weighted by Gasteiger charge is 2.19. The Hall–Kier alpha value is -2.54. The fraction of sp³-hybridized carbons (Fsp3) is 0.188. The normalized spacial score (nSPS) is 13.1. The molecule has 0 amide bonds. The minimum absolute atomic E-state index is 0.179. The van der Waals surface area contributed by atoms with E-state index in [-0.39, 0.29) is 4.90 Å². The third-order valence-corrected chi connectivity index (χ3v) is 4.91. The van der Waals surface area contributed by atoms with E-state index in [2.05, 4.69) is 9.46 Å². The molecule has 23 heavy (non-hydrogen) atoms. The van der Waals surface area contributed by atoms with E-state index in [4.69, 9.17) is 4.74 Å². The van der Waals surface area contributed by atoms with Crippen LogP contribution in [0, 0.1) is 0 Å². The molecule has 0 radical (unpaired) electrons. The van der Waals surface area contributed by atoms with Gasteiger partial charge in [0.2, 0.25) is 0 Å². The smallest absolute Gasteiger partial charge is 0.337 e. The Bertz CT molecular complexity index is 843. The van der Waals surface area contributed by atoms with Gasteiger partial charge in [-0.3, -0.25) is 4.72 Å². The Kier molecular flexibility index (Phi) is 3.96. The second kappa shape index (κ2) is 5.92. The van der Waals surface area contributed by atoms with E-state index in [9.17, 15) is 13.2 Å². The molecule has 1 N–H and O–H groups in total. The van der Waals surface area contributed by atoms with Gasteiger partial charge in [-0.15, -0.1) is 0 Å². The molecule has 3 rings (SSSR count). The highest BCUT2D eigenvalue weighted by Crippen LogP contribution is 2.28. The molecular weight excluding hydrogens is 318 g/mol. The maximum Gasteiger partial charge on any atom is 0.337 e. The molecule has 1 aliphatic rings. The molecule has 0 saturated carbocycles. The second-order valence-electron chi connectivity index (χ2n) is 5.04. The molecule has 1 aliphatic heterocycles. The van der Waals surface area contributed by atoms with E-state index in [0.29, 0.717) is 24.3 Å². The Morgan fingerprint density at radius 1 is 1.17 bits per heavy atom. The summed E-state index contributed by atoms with van der Waals surface area (Å²) in [7, 11) is -2.41. The molecule has 2 aromatic carbocycles. The van der Waals surface area contributed by atoms with Gasteiger partial charge >= 0.3 is 5.97 Å². The number of rotatable bonds is 4. The van der Waals surface area contributed by atoms with Crippen LogP contribution in [0.4, 0.5) is 5.69 Å². The Balaban J connectivity index is 1.82. The molecule has 2 aromatic rings. The molecule has 120 valence electrons. The topological polar surface area (TPSA) is 81.7 Å². The summed E-state index contributed by atoms with van der Waals surface area (Å²) < 4.78 is 37.3. The molecule has 0 spiro atoms. The summed E-state index contributed by atoms with van der Waals surface area (Å²) in [6.45, 7) is 0.571. The standard InChI is InChI=1S/C16H15NO5S/c1-21-16(18)11-2-4-13(5-3-11)17-23(19,20)14-6-7-15-12(10-14)8-9-22-15/h2-7,10,17H,8-9H2,1H3. The lowest BCUT2D eigenvalue weighted by Crippen LogP contribution is -2.13. The van der Waals surface area contributed by atoms with Crippen molar-refractivity contribution >= 4 is 21.7 Å². The van der Waals surface area contributed by atoms with Crippen LogP contribution in [0.25, 0.3) is 0 Å². The van der Waals surface area contributed by atoms with Crippen molar-refractivity contribution in [2.75, 3.05) is 18.4 Å². The number of hydrogen-bond donors (Lipinski definition) is 1. The molecule has 0 saturated heterocycles. The van der Waals surface area contributed by atoms with Crippen LogP contribution in [0.1, 0.15) is 15.9 Å². The molecule has 0 fully saturated rings. The first kappa shape index (κ1) is 15.4. The molecule has 0 bridgehead atoms. The number of sulfonamides is 1. The molecule has 0 unspecified atom stereocenters. The van der Waals surface area contributed by atoms with Gasteiger partial charge in [0.25, 0.3) is 10.0 Å². The van der Waals surface area contributed by atoms with Crippen molar-refractivity contribution in [1.82, 2.24) is 0 Å². The van der Waals surface area contributed by atoms with Gasteiger partial charge in [-0.1, -0.05) is 0 Å². The number of carbonyl (C=O) groups excluding carboxylic acids is 1. The zero-order valence-corrected chi connectivity index (χ0v) is 13.2. The summed E-state index contributed by atoms with van der Waals surface area (Å²) in [4.78, 5) is 11.5. The summed E-state index contributed by atoms with van der Waals surface area (Å²) in [5, 5.41) is 0. The summed E-state index contributed by atoms with van der Waals surface area (Å²) in [6.07, 6.45) is 0.701. The Morgan fingerprint density at radius 3 is 2.61 bits per heavy atom. The van der Waals surface area contributed by atoms with E-state index in [1.54, 1.807) is 12.1 Å². The van der Waals surface area contributed by atoms with Crippen LogP contribution < -0.4 is 9.46 Å². The lowest BCUT2D eigenvalue weighted by molar-refractivity contribution is 0.0601. The zero-order chi connectivity index (χ0) is 16.4. The van der Waals surface area contributed by atoms with Gasteiger partial charge in [-0.2, -0.15) is 0 Å². The molecule has 0 atom stereocenters. The quantitative estimate of drug-likeness (QED) is 0.868. The van der Waals surface area contributed by atoms with Crippen molar-refractivity contribution in [3.8, 4) is 5.75 Å². The predicted molar refractivity (Wildman–Crippen MR) is 84.2 cm³/mol. The van der Waals surface area contributed by atoms with E-state index in [1.165, 1.54) is 37.4 Å². The Morgan fingerprint density at radius 2 is 1.91 bits per heavy atom. The van der Waals surface area contributed by atoms with Crippen molar-refractivity contribution in [3.63, 3.8) is 0 Å². The predicted octanol–water partition coefficient (Wildman–Crippen LogP) is 2.21. The van der Waals surface area contributed by atoms with Crippen LogP contribution in [0.15, 0.2) is 47.4 Å². The van der Waals surface area contributed by atoms with Gasteiger partial charge < -0.3 is 9.47 Å². The second-order valence-corrected chi connectivity index (χ2v) is 6.72. The number of ether oxygens (including phenoxy) is 2. The lowest BCUT2D eigenvalue weighted by atomic mass is 10.2. The zero-order valence-electron chi connectivity index (χ0n) is 12.4. The summed E-state index contributed by atoms with van der Waals surface area (Å²) in [6, 6.07) is 10.8. The first-order valence-electron chi connectivity index (χ1n) is 6.96. The van der Waals surface area contributed by atoms with Gasteiger partial charge in [0.15, 0.2) is 0 Å². The van der Waals surface area contributed by atoms with Crippen LogP contribution in [0.3, 0.4) is 0 Å². The summed E-state index contributed by atoms with van der Waals surface area (Å²) >= 11 is 0. The van der Waals surface area contributed by atoms with Crippen LogP contribution >= 0.6 is 0 Å². The average molecular weight is 333 g/mol. The first-order chi connectivity index (χ1) is 11.0. The number of nitrogens with one attached hydrogen (secondary N) is 1. The van der Waals surface area contributed by atoms with Crippen molar-refractivity contribution in [2.45, 2.75) is 11.3 Å². The molecule has 1 heterocycles. The SMILES string of the molecule is COC(=O)c1ccc(NS(=O)(=O)c2ccc3c(c2)CCO3)cc1. The lowest BCUT2D eigenvalue weighted by Gasteiger charge is -2.09. The van der Waals surface area contributed by atoms with Crippen LogP contribution in [0.2, 0.25) is 0 Å². The maximum absolute atomic E-state index is 12.4. The van der Waals surface area contributed by atoms with Crippen LogP contribution in [-0.4, -0.2) is 28.1 Å². The number of carbonyl (C=O) groups is 1. The largest absolute Gasteiger partial charge is 0.493 e. The summed E-state index contributed by atoms with van der Waals surface area (Å²) in [5.41, 5.74) is 1.61. The van der Waals surface area contributed by atoms with Gasteiger partial charge in [0.05, 0.1) is 24.2 Å². The third-order valence-electron chi connectivity index (χ3n) is 3.53. The Labute approximate surface area is 134 Å². The van der Waals surface area contributed by atoms with E-state index >= 15 is 0 Å². The molecule has 7 heteroatoms.